The van der Waals surface area contributed by atoms with E-state index in [0.29, 0.717) is 12.1 Å². The molecule has 0 aromatic rings. The Hall–Kier alpha value is -1.76. The van der Waals surface area contributed by atoms with Crippen LogP contribution in [0.3, 0.4) is 0 Å². The molecule has 3 heterocycles. The van der Waals surface area contributed by atoms with Crippen LogP contribution in [0, 0.1) is 22.7 Å². The lowest BCUT2D eigenvalue weighted by Gasteiger charge is -2.31. The molecule has 3 fully saturated rings. The molecule has 3 rings (SSSR count). The van der Waals surface area contributed by atoms with E-state index in [-0.39, 0.29) is 5.57 Å². The van der Waals surface area contributed by atoms with Crippen molar-refractivity contribution in [2.45, 2.75) is 58.0 Å². The summed E-state index contributed by atoms with van der Waals surface area (Å²) in [6.45, 7) is 11.6. The van der Waals surface area contributed by atoms with E-state index >= 15 is 0 Å². The standard InChI is InChI=1S/C20H32N6/c1-17-6-3-8-23(17)10-5-11-24-12-13-26(20(24)19(14-21)15-22)16-25-9-4-7-18(25)2/h17-18H,3-13,16H2,1-2H3/t17-,18-/m0/s1. The molecule has 0 amide bonds. The molecule has 6 nitrogen and oxygen atoms in total. The number of rotatable bonds is 6. The molecule has 6 heteroatoms. The van der Waals surface area contributed by atoms with Gasteiger partial charge >= 0.3 is 0 Å². The van der Waals surface area contributed by atoms with Gasteiger partial charge in [-0.25, -0.2) is 0 Å². The number of nitriles is 2. The molecule has 0 bridgehead atoms. The van der Waals surface area contributed by atoms with E-state index in [1.165, 1.54) is 32.2 Å². The van der Waals surface area contributed by atoms with E-state index in [1.807, 2.05) is 0 Å². The predicted octanol–water partition coefficient (Wildman–Crippen LogP) is 2.18. The van der Waals surface area contributed by atoms with Gasteiger partial charge in [0.05, 0.1) is 6.67 Å². The number of allylic oxidation sites excluding steroid dienone is 1. The summed E-state index contributed by atoms with van der Waals surface area (Å²) in [5.41, 5.74) is 0.267. The van der Waals surface area contributed by atoms with Gasteiger partial charge in [0.2, 0.25) is 0 Å². The fourth-order valence-electron chi connectivity index (χ4n) is 4.66. The summed E-state index contributed by atoms with van der Waals surface area (Å²) < 4.78 is 0. The van der Waals surface area contributed by atoms with Crippen LogP contribution in [0.4, 0.5) is 0 Å². The Kier molecular flexibility index (Phi) is 6.40. The monoisotopic (exact) mass is 356 g/mol. The summed E-state index contributed by atoms with van der Waals surface area (Å²) >= 11 is 0. The van der Waals surface area contributed by atoms with Gasteiger partial charge in [0.25, 0.3) is 0 Å². The quantitative estimate of drug-likeness (QED) is 0.680. The minimum Gasteiger partial charge on any atom is -0.355 e. The molecule has 26 heavy (non-hydrogen) atoms. The summed E-state index contributed by atoms with van der Waals surface area (Å²) in [7, 11) is 0. The van der Waals surface area contributed by atoms with E-state index in [2.05, 4.69) is 45.6 Å². The Morgan fingerprint density at radius 2 is 1.50 bits per heavy atom. The van der Waals surface area contributed by atoms with Crippen LogP contribution in [0.25, 0.3) is 0 Å². The van der Waals surface area contributed by atoms with Crippen LogP contribution < -0.4 is 0 Å². The summed E-state index contributed by atoms with van der Waals surface area (Å²) in [6, 6.07) is 5.56. The SMILES string of the molecule is C[C@H]1CCCN1CCCN1CCN(CN2CCC[C@@H]2C)C1=C(C#N)C#N. The van der Waals surface area contributed by atoms with Crippen molar-refractivity contribution in [3.05, 3.63) is 11.4 Å². The van der Waals surface area contributed by atoms with Crippen LogP contribution in [0.2, 0.25) is 0 Å². The Morgan fingerprint density at radius 3 is 2.08 bits per heavy atom. The first kappa shape index (κ1) is 19.0. The first-order valence-corrected chi connectivity index (χ1v) is 10.2. The van der Waals surface area contributed by atoms with E-state index in [1.54, 1.807) is 0 Å². The predicted molar refractivity (Wildman–Crippen MR) is 102 cm³/mol. The fourth-order valence-corrected chi connectivity index (χ4v) is 4.66. The van der Waals surface area contributed by atoms with Gasteiger partial charge < -0.3 is 14.7 Å². The second-order valence-electron chi connectivity index (χ2n) is 8.00. The minimum absolute atomic E-state index is 0.267. The van der Waals surface area contributed by atoms with Crippen molar-refractivity contribution in [1.29, 1.82) is 10.5 Å². The largest absolute Gasteiger partial charge is 0.355 e. The first-order valence-electron chi connectivity index (χ1n) is 10.2. The van der Waals surface area contributed by atoms with E-state index in [9.17, 15) is 10.5 Å². The van der Waals surface area contributed by atoms with Gasteiger partial charge in [-0.15, -0.1) is 0 Å². The number of likely N-dealkylation sites (tertiary alicyclic amines) is 2. The Morgan fingerprint density at radius 1 is 0.885 bits per heavy atom. The van der Waals surface area contributed by atoms with Crippen molar-refractivity contribution in [1.82, 2.24) is 19.6 Å². The van der Waals surface area contributed by atoms with Gasteiger partial charge in [-0.05, 0) is 52.5 Å². The van der Waals surface area contributed by atoms with Crippen molar-refractivity contribution >= 4 is 0 Å². The van der Waals surface area contributed by atoms with Gasteiger partial charge in [0, 0.05) is 44.8 Å². The summed E-state index contributed by atoms with van der Waals surface area (Å²) in [6.07, 6.45) is 6.20. The van der Waals surface area contributed by atoms with Crippen LogP contribution >= 0.6 is 0 Å². The molecular weight excluding hydrogens is 324 g/mol. The zero-order valence-electron chi connectivity index (χ0n) is 16.3. The molecule has 0 aromatic carbocycles. The van der Waals surface area contributed by atoms with Crippen molar-refractivity contribution in [3.8, 4) is 12.1 Å². The number of nitrogens with zero attached hydrogens (tertiary/aromatic N) is 6. The Labute approximate surface area is 158 Å². The normalized spacial score (nSPS) is 27.2. The molecule has 3 saturated heterocycles. The maximum Gasteiger partial charge on any atom is 0.169 e. The highest BCUT2D eigenvalue weighted by molar-refractivity contribution is 5.40. The van der Waals surface area contributed by atoms with Crippen LogP contribution in [0.15, 0.2) is 11.4 Å². The molecule has 0 aromatic heterocycles. The van der Waals surface area contributed by atoms with Gasteiger partial charge in [-0.3, -0.25) is 4.90 Å². The lowest BCUT2D eigenvalue weighted by molar-refractivity contribution is 0.161. The second kappa shape index (κ2) is 8.75. The lowest BCUT2D eigenvalue weighted by atomic mass is 10.2. The molecule has 3 aliphatic heterocycles. The summed E-state index contributed by atoms with van der Waals surface area (Å²) in [5, 5.41) is 18.9. The number of hydrogen-bond donors (Lipinski definition) is 0. The zero-order valence-corrected chi connectivity index (χ0v) is 16.3. The third kappa shape index (κ3) is 4.14. The molecule has 0 spiro atoms. The van der Waals surface area contributed by atoms with Crippen molar-refractivity contribution in [2.24, 2.45) is 0 Å². The fraction of sp³-hybridized carbons (Fsp3) is 0.800. The number of hydrogen-bond acceptors (Lipinski definition) is 6. The summed E-state index contributed by atoms with van der Waals surface area (Å²) in [4.78, 5) is 9.56. The molecule has 0 saturated carbocycles. The van der Waals surface area contributed by atoms with E-state index in [4.69, 9.17) is 0 Å². The van der Waals surface area contributed by atoms with Crippen LogP contribution in [-0.4, -0.2) is 77.6 Å². The zero-order chi connectivity index (χ0) is 18.5. The highest BCUT2D eigenvalue weighted by Crippen LogP contribution is 2.26. The first-order chi connectivity index (χ1) is 12.6. The van der Waals surface area contributed by atoms with Crippen molar-refractivity contribution in [3.63, 3.8) is 0 Å². The van der Waals surface area contributed by atoms with Crippen molar-refractivity contribution < 1.29 is 0 Å². The maximum absolute atomic E-state index is 9.46. The molecule has 0 unspecified atom stereocenters. The molecule has 142 valence electrons. The Balaban J connectivity index is 1.62. The molecular formula is C20H32N6. The average molecular weight is 357 g/mol. The van der Waals surface area contributed by atoms with Gasteiger partial charge in [0.15, 0.2) is 5.57 Å². The van der Waals surface area contributed by atoms with Crippen molar-refractivity contribution in [2.75, 3.05) is 45.9 Å². The lowest BCUT2D eigenvalue weighted by Crippen LogP contribution is -2.39. The third-order valence-corrected chi connectivity index (χ3v) is 6.29. The van der Waals surface area contributed by atoms with E-state index in [0.717, 1.165) is 51.6 Å². The highest BCUT2D eigenvalue weighted by atomic mass is 15.5. The van der Waals surface area contributed by atoms with Gasteiger partial charge in [0.1, 0.15) is 18.0 Å². The molecule has 2 atom stereocenters. The van der Waals surface area contributed by atoms with E-state index < -0.39 is 0 Å². The van der Waals surface area contributed by atoms with Crippen LogP contribution in [0.5, 0.6) is 0 Å². The Bertz CT molecular complexity index is 584. The van der Waals surface area contributed by atoms with Crippen LogP contribution in [0.1, 0.15) is 46.0 Å². The second-order valence-corrected chi connectivity index (χ2v) is 8.00. The topological polar surface area (TPSA) is 60.5 Å². The van der Waals surface area contributed by atoms with Crippen LogP contribution in [-0.2, 0) is 0 Å². The van der Waals surface area contributed by atoms with Gasteiger partial charge in [-0.1, -0.05) is 0 Å². The molecule has 3 aliphatic rings. The molecule has 0 radical (unpaired) electrons. The smallest absolute Gasteiger partial charge is 0.169 e. The third-order valence-electron chi connectivity index (χ3n) is 6.29. The summed E-state index contributed by atoms with van der Waals surface area (Å²) in [5.74, 6) is 0.864. The molecule has 0 N–H and O–H groups in total. The minimum atomic E-state index is 0.267. The van der Waals surface area contributed by atoms with Gasteiger partial charge in [-0.2, -0.15) is 10.5 Å². The highest BCUT2D eigenvalue weighted by Gasteiger charge is 2.31. The maximum atomic E-state index is 9.46. The molecule has 0 aliphatic carbocycles. The average Bonchev–Trinajstić information content (AvgIpc) is 3.33.